The molecular weight excluding hydrogens is 1110 g/mol. The van der Waals surface area contributed by atoms with Crippen molar-refractivity contribution in [2.75, 3.05) is 26.1 Å². The standard InChI is InChI=1S/C25H25F3N2O6.C15H16F3N5O4S.C11H8ClNO3/c1-5-16-6-7-17(20(12-16)36-15(2)23(32)34-4)14-35-19-10-8-18(9-11-19)30-22(31)13-21(25(26,27)28)29(3)24(30)33;1-9-19-12(22-14(20-9)27-2)21-13(24)23-28(25,26)11-6-4-3-5-10(11)7-8-15(16,17)18;12-8-3-4-9(16-6-10(14)15)11-7(8)2-1-5-13-11/h6-13,15H,5,14H2,1-4H3;3-6H,7-8H2,1-2H3,(H2,19,20,21,22,23,24);1-5H,6H2,(H,14,15). The molecule has 7 aromatic rings. The number of nitrogens with zero attached hydrogens (tertiary/aromatic N) is 6. The molecule has 0 spiro atoms. The zero-order chi connectivity index (χ0) is 59.1. The zero-order valence-corrected chi connectivity index (χ0v) is 44.6. The van der Waals surface area contributed by atoms with Gasteiger partial charge < -0.3 is 28.8 Å². The highest BCUT2D eigenvalue weighted by Crippen LogP contribution is 2.31. The van der Waals surface area contributed by atoms with E-state index in [0.717, 1.165) is 30.5 Å². The van der Waals surface area contributed by atoms with Gasteiger partial charge in [0.15, 0.2) is 12.7 Å². The van der Waals surface area contributed by atoms with Gasteiger partial charge >= 0.3 is 42.0 Å². The molecule has 2 amide bonds. The molecule has 0 aliphatic rings. The van der Waals surface area contributed by atoms with Crippen LogP contribution in [-0.2, 0) is 57.0 Å². The van der Waals surface area contributed by atoms with Crippen LogP contribution < -0.4 is 40.2 Å². The molecule has 426 valence electrons. The number of rotatable bonds is 17. The lowest BCUT2D eigenvalue weighted by Gasteiger charge is -2.17. The van der Waals surface area contributed by atoms with Crippen molar-refractivity contribution in [2.45, 2.75) is 70.0 Å². The number of halogens is 7. The number of nitrogens with one attached hydrogen (secondary N) is 2. The van der Waals surface area contributed by atoms with Crippen LogP contribution in [0, 0.1) is 6.92 Å². The van der Waals surface area contributed by atoms with Crippen LogP contribution in [0.15, 0.2) is 118 Å². The molecule has 21 nitrogen and oxygen atoms in total. The van der Waals surface area contributed by atoms with Gasteiger partial charge in [-0.3, -0.25) is 19.7 Å². The molecule has 4 aromatic carbocycles. The molecule has 0 saturated heterocycles. The first-order valence-corrected chi connectivity index (χ1v) is 25.1. The lowest BCUT2D eigenvalue weighted by molar-refractivity contribution is -0.148. The van der Waals surface area contributed by atoms with Crippen LogP contribution in [0.2, 0.25) is 5.02 Å². The van der Waals surface area contributed by atoms with Gasteiger partial charge in [0.1, 0.15) is 40.9 Å². The van der Waals surface area contributed by atoms with Gasteiger partial charge in [0.2, 0.25) is 5.95 Å². The average molecular weight is 1160 g/mol. The number of aromatic nitrogens is 6. The van der Waals surface area contributed by atoms with Crippen LogP contribution in [0.1, 0.15) is 48.5 Å². The molecule has 7 rings (SSSR count). The maximum Gasteiger partial charge on any atom is 0.431 e. The van der Waals surface area contributed by atoms with Gasteiger partial charge in [0, 0.05) is 36.7 Å². The van der Waals surface area contributed by atoms with Gasteiger partial charge in [0.25, 0.3) is 15.6 Å². The molecule has 0 radical (unpaired) electrons. The van der Waals surface area contributed by atoms with Crippen molar-refractivity contribution in [1.29, 1.82) is 0 Å². The van der Waals surface area contributed by atoms with Gasteiger partial charge in [-0.25, -0.2) is 36.9 Å². The van der Waals surface area contributed by atoms with Crippen molar-refractivity contribution in [3.8, 4) is 28.9 Å². The molecule has 29 heteroatoms. The first kappa shape index (κ1) is 62.1. The Kier molecular flexibility index (Phi) is 21.1. The largest absolute Gasteiger partial charge is 0.489 e. The predicted molar refractivity (Wildman–Crippen MR) is 276 cm³/mol. The summed E-state index contributed by atoms with van der Waals surface area (Å²) in [4.78, 5) is 73.9. The number of hydrogen-bond donors (Lipinski definition) is 3. The highest BCUT2D eigenvalue weighted by atomic mass is 35.5. The number of ether oxygens (including phenoxy) is 5. The number of fused-ring (bicyclic) bond motifs is 1. The first-order chi connectivity index (χ1) is 37.6. The number of urea groups is 1. The van der Waals surface area contributed by atoms with Gasteiger partial charge in [-0.05, 0) is 98.5 Å². The van der Waals surface area contributed by atoms with E-state index in [1.54, 1.807) is 42.1 Å². The Labute approximate surface area is 456 Å². The summed E-state index contributed by atoms with van der Waals surface area (Å²) in [5.41, 5.74) is -1.31. The molecule has 1 atom stereocenters. The normalized spacial score (nSPS) is 11.7. The molecule has 0 saturated carbocycles. The smallest absolute Gasteiger partial charge is 0.431 e. The predicted octanol–water partition coefficient (Wildman–Crippen LogP) is 8.18. The van der Waals surface area contributed by atoms with Gasteiger partial charge in [-0.2, -0.15) is 41.3 Å². The third kappa shape index (κ3) is 17.4. The number of methoxy groups -OCH3 is 2. The van der Waals surface area contributed by atoms with Crippen molar-refractivity contribution in [1.82, 2.24) is 33.8 Å². The van der Waals surface area contributed by atoms with Gasteiger partial charge in [0.05, 0.1) is 29.8 Å². The fourth-order valence-electron chi connectivity index (χ4n) is 6.97. The Bertz CT molecular complexity index is 3590. The molecule has 3 N–H and O–H groups in total. The summed E-state index contributed by atoms with van der Waals surface area (Å²) in [6.07, 6.45) is -9.50. The second-order valence-electron chi connectivity index (χ2n) is 16.5. The van der Waals surface area contributed by atoms with Crippen LogP contribution in [0.25, 0.3) is 16.6 Å². The highest BCUT2D eigenvalue weighted by Gasteiger charge is 2.35. The average Bonchev–Trinajstić information content (AvgIpc) is 3.52. The maximum absolute atomic E-state index is 13.1. The highest BCUT2D eigenvalue weighted by molar-refractivity contribution is 7.90. The second kappa shape index (κ2) is 27.2. The number of amides is 2. The lowest BCUT2D eigenvalue weighted by Crippen LogP contribution is -2.40. The number of hydrogen-bond acceptors (Lipinski definition) is 16. The number of esters is 1. The molecule has 0 fully saturated rings. The van der Waals surface area contributed by atoms with E-state index in [4.69, 9.17) is 40.4 Å². The number of anilines is 1. The molecule has 3 heterocycles. The zero-order valence-electron chi connectivity index (χ0n) is 43.0. The molecule has 0 bridgehead atoms. The summed E-state index contributed by atoms with van der Waals surface area (Å²) in [7, 11) is -0.925. The van der Waals surface area contributed by atoms with Crippen molar-refractivity contribution in [2.24, 2.45) is 7.05 Å². The third-order valence-electron chi connectivity index (χ3n) is 10.8. The number of carboxylic acid groups (broad SMARTS) is 1. The monoisotopic (exact) mass is 1160 g/mol. The van der Waals surface area contributed by atoms with E-state index in [1.807, 2.05) is 25.1 Å². The molecular formula is C51H49ClF6N8O13S. The molecule has 1 unspecified atom stereocenters. The summed E-state index contributed by atoms with van der Waals surface area (Å²) < 4.78 is 130. The van der Waals surface area contributed by atoms with Crippen LogP contribution in [0.4, 0.5) is 37.1 Å². The van der Waals surface area contributed by atoms with E-state index >= 15 is 0 Å². The number of carbonyl (C=O) groups is 3. The van der Waals surface area contributed by atoms with Crippen molar-refractivity contribution >= 4 is 56.4 Å². The third-order valence-corrected chi connectivity index (χ3v) is 12.6. The lowest BCUT2D eigenvalue weighted by atomic mass is 10.1. The number of alkyl halides is 6. The Hall–Kier alpha value is -8.79. The van der Waals surface area contributed by atoms with Crippen LogP contribution >= 0.6 is 11.6 Å². The van der Waals surface area contributed by atoms with E-state index in [0.29, 0.717) is 48.6 Å². The first-order valence-electron chi connectivity index (χ1n) is 23.3. The summed E-state index contributed by atoms with van der Waals surface area (Å²) in [6.45, 7) is 4.74. The minimum atomic E-state index is -4.84. The number of aryl methyl sites for hydroxylation is 3. The number of carbonyl (C=O) groups excluding carboxylic acids is 2. The van der Waals surface area contributed by atoms with Crippen LogP contribution in [0.5, 0.6) is 23.3 Å². The fraction of sp³-hybridized carbons (Fsp3) is 0.275. The van der Waals surface area contributed by atoms with Crippen molar-refractivity contribution in [3.63, 3.8) is 0 Å². The number of carboxylic acids is 1. The van der Waals surface area contributed by atoms with Crippen molar-refractivity contribution in [3.05, 3.63) is 157 Å². The number of sulfonamides is 1. The van der Waals surface area contributed by atoms with Crippen LogP contribution in [-0.4, -0.2) is 93.7 Å². The summed E-state index contributed by atoms with van der Waals surface area (Å²) in [6, 6.07) is 22.3. The quantitative estimate of drug-likeness (QED) is 0.0573. The summed E-state index contributed by atoms with van der Waals surface area (Å²) in [5.74, 6) is -0.346. The van der Waals surface area contributed by atoms with E-state index < -0.39 is 87.7 Å². The number of pyridine rings is 1. The molecule has 0 aliphatic carbocycles. The Balaban J connectivity index is 0.000000236. The van der Waals surface area contributed by atoms with E-state index in [-0.39, 0.29) is 35.6 Å². The fourth-order valence-corrected chi connectivity index (χ4v) is 8.36. The topological polar surface area (TPSA) is 271 Å². The van der Waals surface area contributed by atoms with Gasteiger partial charge in [-0.15, -0.1) is 0 Å². The number of benzene rings is 4. The van der Waals surface area contributed by atoms with E-state index in [2.05, 4.69) is 25.3 Å². The minimum absolute atomic E-state index is 0.0715. The van der Waals surface area contributed by atoms with Crippen molar-refractivity contribution < 1.29 is 77.9 Å². The molecule has 3 aromatic heterocycles. The molecule has 0 aliphatic heterocycles. The Morgan fingerprint density at radius 1 is 0.850 bits per heavy atom. The van der Waals surface area contributed by atoms with E-state index in [1.165, 1.54) is 63.6 Å². The second-order valence-corrected chi connectivity index (χ2v) is 18.6. The summed E-state index contributed by atoms with van der Waals surface area (Å²) in [5, 5.41) is 11.9. The Morgan fingerprint density at radius 2 is 1.55 bits per heavy atom. The minimum Gasteiger partial charge on any atom is -0.489 e. The summed E-state index contributed by atoms with van der Waals surface area (Å²) >= 11 is 5.98. The number of aliphatic carboxylic acids is 1. The maximum atomic E-state index is 13.1. The molecule has 80 heavy (non-hydrogen) atoms. The van der Waals surface area contributed by atoms with Gasteiger partial charge in [-0.1, -0.05) is 48.9 Å². The SMILES string of the molecule is CCc1ccc(COc2ccc(-n3c(=O)cc(C(F)(F)F)n(C)c3=O)cc2)c(OC(C)C(=O)OC)c1.COc1nc(C)nc(NC(=O)NS(=O)(=O)c2ccccc2CCC(F)(F)F)n1.O=C(O)COc1ccc(Cl)c2cccnc12. The van der Waals surface area contributed by atoms with Crippen LogP contribution in [0.3, 0.4) is 0 Å². The van der Waals surface area contributed by atoms with E-state index in [9.17, 15) is 58.7 Å². The Morgan fingerprint density at radius 3 is 2.19 bits per heavy atom.